The monoisotopic (exact) mass is 400 g/mol. The van der Waals surface area contributed by atoms with Gasteiger partial charge < -0.3 is 5.73 Å². The van der Waals surface area contributed by atoms with Gasteiger partial charge in [0.25, 0.3) is 6.04 Å². The van der Waals surface area contributed by atoms with E-state index in [-0.39, 0.29) is 10.8 Å². The average Bonchev–Trinajstić information content (AvgIpc) is 2.35. The summed E-state index contributed by atoms with van der Waals surface area (Å²) in [5.74, 6) is 0.235. The van der Waals surface area contributed by atoms with Gasteiger partial charge in [0.15, 0.2) is 0 Å². The molecule has 2 heterocycles. The van der Waals surface area contributed by atoms with Crippen LogP contribution < -0.4 is 5.73 Å². The first-order valence-electron chi connectivity index (χ1n) is 6.56. The molecule has 0 amide bonds. The molecule has 2 atom stereocenters. The SMILES string of the molecule is CC(C)CC1(N)c2ncccc2N=CC1[N+](=O)[O-].O=P(Cl)(Cl)Cl. The van der Waals surface area contributed by atoms with Crippen LogP contribution in [0.3, 0.4) is 0 Å². The third-order valence-electron chi connectivity index (χ3n) is 3.08. The van der Waals surface area contributed by atoms with Crippen LogP contribution >= 0.6 is 38.9 Å². The minimum atomic E-state index is -3.22. The summed E-state index contributed by atoms with van der Waals surface area (Å²) in [6.45, 7) is 3.97. The van der Waals surface area contributed by atoms with Crippen molar-refractivity contribution in [2.75, 3.05) is 0 Å². The van der Waals surface area contributed by atoms with Gasteiger partial charge in [0, 0.05) is 11.1 Å². The number of nitrogens with zero attached hydrogens (tertiary/aromatic N) is 3. The number of aromatic nitrogens is 1. The van der Waals surface area contributed by atoms with Crippen LogP contribution in [-0.4, -0.2) is 22.2 Å². The van der Waals surface area contributed by atoms with Crippen LogP contribution in [0.25, 0.3) is 0 Å². The molecule has 0 bridgehead atoms. The number of nitro groups is 1. The predicted molar refractivity (Wildman–Crippen MR) is 93.7 cm³/mol. The standard InChI is InChI=1S/C12H16N4O2.Cl3OP/c1-8(2)6-12(13)10(16(17)18)7-15-9-4-3-5-14-11(9)12;1-5(2,3)4/h3-5,7-8,10H,6,13H2,1-2H3;. The van der Waals surface area contributed by atoms with Gasteiger partial charge in [-0.05, 0) is 58.2 Å². The Labute approximate surface area is 148 Å². The van der Waals surface area contributed by atoms with E-state index >= 15 is 0 Å². The highest BCUT2D eigenvalue weighted by atomic mass is 36.0. The van der Waals surface area contributed by atoms with Crippen LogP contribution in [0, 0.1) is 16.0 Å². The number of pyridine rings is 1. The fourth-order valence-electron chi connectivity index (χ4n) is 2.42. The van der Waals surface area contributed by atoms with Crippen molar-refractivity contribution in [3.8, 4) is 0 Å². The summed E-state index contributed by atoms with van der Waals surface area (Å²) in [4.78, 5) is 19.1. The second kappa shape index (κ2) is 7.90. The Balaban J connectivity index is 0.000000463. The first kappa shape index (κ1) is 20.3. The first-order valence-corrected chi connectivity index (χ1v) is 11.0. The van der Waals surface area contributed by atoms with Gasteiger partial charge in [0.05, 0.1) is 17.6 Å². The molecule has 1 aromatic heterocycles. The molecule has 2 unspecified atom stereocenters. The summed E-state index contributed by atoms with van der Waals surface area (Å²) in [6, 6.07) is 2.50. The van der Waals surface area contributed by atoms with Gasteiger partial charge in [0.2, 0.25) is 0 Å². The molecule has 128 valence electrons. The van der Waals surface area contributed by atoms with E-state index in [2.05, 4.69) is 43.7 Å². The number of halogens is 3. The van der Waals surface area contributed by atoms with Gasteiger partial charge in [-0.25, -0.2) is 0 Å². The van der Waals surface area contributed by atoms with E-state index in [9.17, 15) is 14.7 Å². The Kier molecular flexibility index (Phi) is 6.98. The molecule has 0 saturated heterocycles. The number of rotatable bonds is 3. The van der Waals surface area contributed by atoms with Crippen molar-refractivity contribution in [3.05, 3.63) is 34.1 Å². The minimum absolute atomic E-state index is 0.235. The Morgan fingerprint density at radius 1 is 1.48 bits per heavy atom. The van der Waals surface area contributed by atoms with Crippen molar-refractivity contribution >= 4 is 50.8 Å². The van der Waals surface area contributed by atoms with E-state index < -0.39 is 16.8 Å². The van der Waals surface area contributed by atoms with Gasteiger partial charge in [0.1, 0.15) is 5.54 Å². The number of nitrogens with two attached hydrogens (primary N) is 1. The minimum Gasteiger partial charge on any atom is -0.314 e. The second-order valence-corrected chi connectivity index (χ2v) is 12.1. The summed E-state index contributed by atoms with van der Waals surface area (Å²) in [7, 11) is 0. The third kappa shape index (κ3) is 6.01. The normalized spacial score (nSPS) is 23.0. The maximum absolute atomic E-state index is 11.2. The zero-order valence-electron chi connectivity index (χ0n) is 12.4. The molecule has 2 rings (SSSR count). The molecular formula is C12H16Cl3N4O3P. The predicted octanol–water partition coefficient (Wildman–Crippen LogP) is 4.45. The van der Waals surface area contributed by atoms with Crippen molar-refractivity contribution in [2.45, 2.75) is 31.8 Å². The lowest BCUT2D eigenvalue weighted by atomic mass is 9.78. The van der Waals surface area contributed by atoms with E-state index in [1.165, 1.54) is 6.21 Å². The van der Waals surface area contributed by atoms with Crippen LogP contribution in [0.2, 0.25) is 0 Å². The van der Waals surface area contributed by atoms with Crippen LogP contribution in [0.5, 0.6) is 0 Å². The average molecular weight is 402 g/mol. The van der Waals surface area contributed by atoms with Crippen molar-refractivity contribution in [3.63, 3.8) is 0 Å². The fraction of sp³-hybridized carbons (Fsp3) is 0.500. The Morgan fingerprint density at radius 3 is 2.52 bits per heavy atom. The second-order valence-electron chi connectivity index (χ2n) is 5.42. The molecule has 0 aliphatic carbocycles. The highest BCUT2D eigenvalue weighted by Crippen LogP contribution is 2.61. The summed E-state index contributed by atoms with van der Waals surface area (Å²) < 4.78 is 9.51. The van der Waals surface area contributed by atoms with Gasteiger partial charge in [-0.1, -0.05) is 13.8 Å². The van der Waals surface area contributed by atoms with E-state index in [1.54, 1.807) is 18.3 Å². The smallest absolute Gasteiger partial charge is 0.314 e. The topological polar surface area (TPSA) is 111 Å². The van der Waals surface area contributed by atoms with Crippen LogP contribution in [0.1, 0.15) is 26.0 Å². The van der Waals surface area contributed by atoms with E-state index in [0.29, 0.717) is 17.8 Å². The molecule has 0 saturated carbocycles. The maximum atomic E-state index is 11.2. The molecule has 0 fully saturated rings. The zero-order valence-corrected chi connectivity index (χ0v) is 15.6. The van der Waals surface area contributed by atoms with Crippen molar-refractivity contribution in [2.24, 2.45) is 16.6 Å². The van der Waals surface area contributed by atoms with Gasteiger partial charge in [-0.2, -0.15) is 0 Å². The molecule has 1 aromatic rings. The Morgan fingerprint density at radius 2 is 2.04 bits per heavy atom. The summed E-state index contributed by atoms with van der Waals surface area (Å²) in [6.07, 6.45) is 3.42. The highest BCUT2D eigenvalue weighted by Gasteiger charge is 2.49. The van der Waals surface area contributed by atoms with Crippen LogP contribution in [-0.2, 0) is 10.1 Å². The molecule has 1 aliphatic heterocycles. The van der Waals surface area contributed by atoms with Gasteiger partial charge in [-0.15, -0.1) is 0 Å². The Hall–Kier alpha value is -0.720. The highest BCUT2D eigenvalue weighted by molar-refractivity contribution is 8.24. The van der Waals surface area contributed by atoms with Crippen molar-refractivity contribution in [1.29, 1.82) is 0 Å². The number of aliphatic imine (C=N–C) groups is 1. The van der Waals surface area contributed by atoms with Crippen LogP contribution in [0.4, 0.5) is 5.69 Å². The molecule has 2 N–H and O–H groups in total. The largest absolute Gasteiger partial charge is 0.339 e. The molecule has 0 radical (unpaired) electrons. The van der Waals surface area contributed by atoms with Crippen molar-refractivity contribution in [1.82, 2.24) is 4.98 Å². The summed E-state index contributed by atoms with van der Waals surface area (Å²) in [5, 5.41) is 7.95. The number of hydrogen-bond acceptors (Lipinski definition) is 6. The summed E-state index contributed by atoms with van der Waals surface area (Å²) in [5.41, 5.74) is 6.37. The molecule has 0 aromatic carbocycles. The zero-order chi connectivity index (χ0) is 17.8. The molecule has 0 spiro atoms. The maximum Gasteiger partial charge on any atom is 0.339 e. The Bertz CT molecular complexity index is 644. The van der Waals surface area contributed by atoms with E-state index in [1.807, 2.05) is 13.8 Å². The summed E-state index contributed by atoms with van der Waals surface area (Å²) >= 11 is 13.8. The molecule has 23 heavy (non-hydrogen) atoms. The number of hydrogen-bond donors (Lipinski definition) is 1. The van der Waals surface area contributed by atoms with Crippen LogP contribution in [0.15, 0.2) is 23.3 Å². The molecule has 7 nitrogen and oxygen atoms in total. The molecule has 1 aliphatic rings. The van der Waals surface area contributed by atoms with Crippen molar-refractivity contribution < 1.29 is 9.49 Å². The number of fused-ring (bicyclic) bond motifs is 1. The quantitative estimate of drug-likeness (QED) is 0.457. The van der Waals surface area contributed by atoms with E-state index in [0.717, 1.165) is 0 Å². The van der Waals surface area contributed by atoms with Gasteiger partial charge >= 0.3 is 5.20 Å². The molecule has 11 heteroatoms. The lowest BCUT2D eigenvalue weighted by molar-refractivity contribution is -0.514. The van der Waals surface area contributed by atoms with E-state index in [4.69, 9.17) is 5.73 Å². The molecular weight excluding hydrogens is 385 g/mol. The lowest BCUT2D eigenvalue weighted by Gasteiger charge is -2.34. The fourth-order valence-corrected chi connectivity index (χ4v) is 2.42. The third-order valence-corrected chi connectivity index (χ3v) is 3.08. The lowest BCUT2D eigenvalue weighted by Crippen LogP contribution is -2.55. The first-order chi connectivity index (χ1) is 10.4. The van der Waals surface area contributed by atoms with Gasteiger partial charge in [-0.3, -0.25) is 24.7 Å².